The largest absolute Gasteiger partial charge is 0.493 e. The highest BCUT2D eigenvalue weighted by atomic mass is 32.1. The molecule has 2 aromatic rings. The van der Waals surface area contributed by atoms with E-state index in [1.807, 2.05) is 19.1 Å². The second-order valence-corrected chi connectivity index (χ2v) is 6.21. The van der Waals surface area contributed by atoms with E-state index in [1.165, 1.54) is 22.5 Å². The number of rotatable bonds is 5. The molecule has 0 amide bonds. The van der Waals surface area contributed by atoms with Crippen LogP contribution < -0.4 is 10.5 Å². The van der Waals surface area contributed by atoms with Crippen LogP contribution in [0, 0.1) is 0 Å². The lowest BCUT2D eigenvalue weighted by Crippen LogP contribution is -2.06. The van der Waals surface area contributed by atoms with Gasteiger partial charge in [0.25, 0.3) is 0 Å². The molecule has 110 valence electrons. The summed E-state index contributed by atoms with van der Waals surface area (Å²) in [6.45, 7) is 2.64. The van der Waals surface area contributed by atoms with E-state index in [9.17, 15) is 4.79 Å². The lowest BCUT2D eigenvalue weighted by molar-refractivity contribution is 0.0978. The van der Waals surface area contributed by atoms with Crippen molar-refractivity contribution < 1.29 is 9.53 Å². The van der Waals surface area contributed by atoms with Gasteiger partial charge in [0.05, 0.1) is 12.6 Å². The smallest absolute Gasteiger partial charge is 0.182 e. The highest BCUT2D eigenvalue weighted by Crippen LogP contribution is 2.26. The van der Waals surface area contributed by atoms with Crippen LogP contribution in [0.25, 0.3) is 0 Å². The molecule has 0 radical (unpaired) electrons. The van der Waals surface area contributed by atoms with Gasteiger partial charge in [-0.1, -0.05) is 12.1 Å². The minimum absolute atomic E-state index is 0.0786. The Hall–Kier alpha value is -1.72. The summed E-state index contributed by atoms with van der Waals surface area (Å²) in [6.07, 6.45) is 2.17. The molecule has 4 nitrogen and oxygen atoms in total. The number of carbonyl (C=O) groups is 1. The zero-order valence-electron chi connectivity index (χ0n) is 12.0. The molecule has 0 spiro atoms. The van der Waals surface area contributed by atoms with E-state index >= 15 is 0 Å². The van der Waals surface area contributed by atoms with Gasteiger partial charge >= 0.3 is 0 Å². The summed E-state index contributed by atoms with van der Waals surface area (Å²) in [6, 6.07) is 6.06. The van der Waals surface area contributed by atoms with Crippen molar-refractivity contribution in [3.8, 4) is 5.75 Å². The minimum Gasteiger partial charge on any atom is -0.493 e. The molecule has 1 aromatic carbocycles. The molecule has 3 rings (SSSR count). The number of carbonyl (C=O) groups excluding carboxylic acids is 1. The average molecular weight is 302 g/mol. The van der Waals surface area contributed by atoms with Gasteiger partial charge in [-0.15, -0.1) is 11.3 Å². The zero-order valence-corrected chi connectivity index (χ0v) is 12.8. The topological polar surface area (TPSA) is 65.2 Å². The number of nitrogens with two attached hydrogens (primary N) is 1. The number of ether oxygens (including phenoxy) is 1. The van der Waals surface area contributed by atoms with Crippen molar-refractivity contribution in [1.82, 2.24) is 4.98 Å². The Morgan fingerprint density at radius 3 is 3.14 bits per heavy atom. The first-order valence-electron chi connectivity index (χ1n) is 7.12. The van der Waals surface area contributed by atoms with E-state index in [4.69, 9.17) is 10.5 Å². The maximum atomic E-state index is 12.2. The number of fused-ring (bicyclic) bond motifs is 1. The predicted molar refractivity (Wildman–Crippen MR) is 83.0 cm³/mol. The Bertz CT molecular complexity index is 664. The highest BCUT2D eigenvalue weighted by molar-refractivity contribution is 7.09. The molecule has 1 atom stereocenters. The molecule has 0 saturated carbocycles. The van der Waals surface area contributed by atoms with Gasteiger partial charge in [-0.05, 0) is 30.5 Å². The molecule has 1 aliphatic heterocycles. The number of Topliss-reactive ketones (excluding diaryl/α,β-unsaturated/α-hetero) is 1. The van der Waals surface area contributed by atoms with E-state index < -0.39 is 0 Å². The Morgan fingerprint density at radius 2 is 2.38 bits per heavy atom. The SMILES string of the molecule is CC(N)c1nc(C(=O)CCc2ccc3c(c2)CCO3)cs1. The highest BCUT2D eigenvalue weighted by Gasteiger charge is 2.15. The number of aromatic nitrogens is 1. The van der Waals surface area contributed by atoms with Crippen molar-refractivity contribution in [2.24, 2.45) is 5.73 Å². The van der Waals surface area contributed by atoms with Gasteiger partial charge < -0.3 is 10.5 Å². The van der Waals surface area contributed by atoms with E-state index in [0.29, 0.717) is 12.1 Å². The van der Waals surface area contributed by atoms with Crippen LogP contribution in [0.2, 0.25) is 0 Å². The quantitative estimate of drug-likeness (QED) is 0.862. The number of ketones is 1. The number of hydrogen-bond donors (Lipinski definition) is 1. The van der Waals surface area contributed by atoms with Crippen LogP contribution in [-0.2, 0) is 12.8 Å². The van der Waals surface area contributed by atoms with Gasteiger partial charge in [0.1, 0.15) is 16.5 Å². The Labute approximate surface area is 128 Å². The summed E-state index contributed by atoms with van der Waals surface area (Å²) in [5, 5.41) is 2.62. The van der Waals surface area contributed by atoms with Gasteiger partial charge in [-0.25, -0.2) is 4.98 Å². The Balaban J connectivity index is 1.62. The molecule has 2 heterocycles. The third kappa shape index (κ3) is 3.14. The summed E-state index contributed by atoms with van der Waals surface area (Å²) >= 11 is 1.45. The first-order chi connectivity index (χ1) is 10.1. The number of aryl methyl sites for hydroxylation is 1. The van der Waals surface area contributed by atoms with E-state index in [2.05, 4.69) is 11.1 Å². The summed E-state index contributed by atoms with van der Waals surface area (Å²) < 4.78 is 5.49. The van der Waals surface area contributed by atoms with Crippen molar-refractivity contribution in [2.75, 3.05) is 6.61 Å². The van der Waals surface area contributed by atoms with Gasteiger partial charge in [-0.3, -0.25) is 4.79 Å². The normalized spacial score (nSPS) is 14.6. The van der Waals surface area contributed by atoms with E-state index in [1.54, 1.807) is 5.38 Å². The lowest BCUT2D eigenvalue weighted by atomic mass is 10.0. The number of thiazole rings is 1. The minimum atomic E-state index is -0.117. The van der Waals surface area contributed by atoms with Crippen molar-refractivity contribution in [2.45, 2.75) is 32.2 Å². The van der Waals surface area contributed by atoms with E-state index in [-0.39, 0.29) is 11.8 Å². The van der Waals surface area contributed by atoms with Crippen LogP contribution in [0.5, 0.6) is 5.75 Å². The number of hydrogen-bond acceptors (Lipinski definition) is 5. The molecule has 0 saturated heterocycles. The van der Waals surface area contributed by atoms with Crippen LogP contribution in [-0.4, -0.2) is 17.4 Å². The molecule has 2 N–H and O–H groups in total. The molecule has 0 bridgehead atoms. The molecular weight excluding hydrogens is 284 g/mol. The van der Waals surface area contributed by atoms with Crippen molar-refractivity contribution in [1.29, 1.82) is 0 Å². The first-order valence-corrected chi connectivity index (χ1v) is 8.00. The molecular formula is C16H18N2O2S. The van der Waals surface area contributed by atoms with Crippen LogP contribution in [0.3, 0.4) is 0 Å². The molecule has 1 aromatic heterocycles. The fourth-order valence-electron chi connectivity index (χ4n) is 2.41. The van der Waals surface area contributed by atoms with Gasteiger partial charge in [-0.2, -0.15) is 0 Å². The molecule has 5 heteroatoms. The maximum absolute atomic E-state index is 12.2. The van der Waals surface area contributed by atoms with Crippen LogP contribution in [0.15, 0.2) is 23.6 Å². The number of benzene rings is 1. The Morgan fingerprint density at radius 1 is 1.52 bits per heavy atom. The molecule has 0 fully saturated rings. The zero-order chi connectivity index (χ0) is 14.8. The van der Waals surface area contributed by atoms with Crippen molar-refractivity contribution in [3.05, 3.63) is 45.4 Å². The fourth-order valence-corrected chi connectivity index (χ4v) is 3.19. The standard InChI is InChI=1S/C16H18N2O2S/c1-10(17)16-18-13(9-21-16)14(19)4-2-11-3-5-15-12(8-11)6-7-20-15/h3,5,8-10H,2,4,6-7,17H2,1H3. The fraction of sp³-hybridized carbons (Fsp3) is 0.375. The summed E-state index contributed by atoms with van der Waals surface area (Å²) in [5.41, 5.74) is 8.73. The maximum Gasteiger partial charge on any atom is 0.182 e. The number of nitrogens with zero attached hydrogens (tertiary/aromatic N) is 1. The van der Waals surface area contributed by atoms with Crippen LogP contribution in [0.1, 0.15) is 46.0 Å². The van der Waals surface area contributed by atoms with Crippen molar-refractivity contribution >= 4 is 17.1 Å². The lowest BCUT2D eigenvalue weighted by Gasteiger charge is -2.03. The summed E-state index contributed by atoms with van der Waals surface area (Å²) in [4.78, 5) is 16.5. The first kappa shape index (κ1) is 14.2. The molecule has 1 unspecified atom stereocenters. The van der Waals surface area contributed by atoms with E-state index in [0.717, 1.165) is 30.2 Å². The second-order valence-electron chi connectivity index (χ2n) is 5.32. The molecule has 0 aliphatic carbocycles. The average Bonchev–Trinajstić information content (AvgIpc) is 3.12. The van der Waals surface area contributed by atoms with Gasteiger partial charge in [0, 0.05) is 18.2 Å². The Kier molecular flexibility index (Phi) is 4.03. The molecule has 21 heavy (non-hydrogen) atoms. The van der Waals surface area contributed by atoms with Gasteiger partial charge in [0.2, 0.25) is 0 Å². The monoisotopic (exact) mass is 302 g/mol. The third-order valence-electron chi connectivity index (χ3n) is 3.59. The van der Waals surface area contributed by atoms with Crippen LogP contribution in [0.4, 0.5) is 0 Å². The molecule has 1 aliphatic rings. The summed E-state index contributed by atoms with van der Waals surface area (Å²) in [7, 11) is 0. The van der Waals surface area contributed by atoms with Gasteiger partial charge in [0.15, 0.2) is 5.78 Å². The summed E-state index contributed by atoms with van der Waals surface area (Å²) in [5.74, 6) is 1.06. The van der Waals surface area contributed by atoms with Crippen LogP contribution >= 0.6 is 11.3 Å². The predicted octanol–water partition coefficient (Wildman–Crippen LogP) is 2.91. The second kappa shape index (κ2) is 5.95. The third-order valence-corrected chi connectivity index (χ3v) is 4.64. The van der Waals surface area contributed by atoms with Crippen molar-refractivity contribution in [3.63, 3.8) is 0 Å².